The van der Waals surface area contributed by atoms with Gasteiger partial charge in [-0.05, 0) is 18.2 Å². The Kier molecular flexibility index (Phi) is 5.26. The van der Waals surface area contributed by atoms with E-state index in [9.17, 15) is 13.0 Å². The van der Waals surface area contributed by atoms with Crippen LogP contribution in [0.5, 0.6) is 23.0 Å². The van der Waals surface area contributed by atoms with Crippen LogP contribution in [0.2, 0.25) is 5.02 Å². The van der Waals surface area contributed by atoms with Crippen molar-refractivity contribution in [1.29, 1.82) is 0 Å². The van der Waals surface area contributed by atoms with E-state index in [4.69, 9.17) is 25.8 Å². The Labute approximate surface area is 160 Å². The van der Waals surface area contributed by atoms with Gasteiger partial charge in [0.1, 0.15) is 27.8 Å². The number of rotatable bonds is 6. The number of para-hydroxylation sites is 1. The van der Waals surface area contributed by atoms with Gasteiger partial charge in [0.2, 0.25) is 0 Å². The molecule has 2 N–H and O–H groups in total. The maximum atomic E-state index is 11.7. The smallest absolute Gasteiger partial charge is 0.298 e. The van der Waals surface area contributed by atoms with E-state index in [1.165, 1.54) is 32.5 Å². The minimum atomic E-state index is -4.54. The Morgan fingerprint density at radius 1 is 1.04 bits per heavy atom. The molecule has 142 valence electrons. The lowest BCUT2D eigenvalue weighted by molar-refractivity contribution is 0.383. The summed E-state index contributed by atoms with van der Waals surface area (Å²) in [5, 5.41) is 7.16. The van der Waals surface area contributed by atoms with E-state index in [-0.39, 0.29) is 28.5 Å². The van der Waals surface area contributed by atoms with Crippen molar-refractivity contribution in [3.05, 3.63) is 47.6 Å². The van der Waals surface area contributed by atoms with E-state index >= 15 is 0 Å². The SMILES string of the molecule is COc1cc(OC)c(S(=O)(=O)O)cc1-c1n[nH]cc1Oc1ccccc1Cl. The summed E-state index contributed by atoms with van der Waals surface area (Å²) in [4.78, 5) is -0.424. The predicted molar refractivity (Wildman–Crippen MR) is 98.5 cm³/mol. The van der Waals surface area contributed by atoms with Crippen molar-refractivity contribution in [3.8, 4) is 34.3 Å². The van der Waals surface area contributed by atoms with Crippen LogP contribution in [0, 0.1) is 0 Å². The maximum absolute atomic E-state index is 11.7. The molecule has 10 heteroatoms. The van der Waals surface area contributed by atoms with Gasteiger partial charge in [-0.25, -0.2) is 0 Å². The average molecular weight is 411 g/mol. The van der Waals surface area contributed by atoms with Crippen LogP contribution in [0.1, 0.15) is 0 Å². The highest BCUT2D eigenvalue weighted by Crippen LogP contribution is 2.42. The third kappa shape index (κ3) is 3.85. The van der Waals surface area contributed by atoms with Gasteiger partial charge in [0.05, 0.1) is 25.4 Å². The summed E-state index contributed by atoms with van der Waals surface area (Å²) in [6, 6.07) is 9.39. The minimum absolute atomic E-state index is 0.0674. The highest BCUT2D eigenvalue weighted by Gasteiger charge is 2.24. The predicted octanol–water partition coefficient (Wildman–Crippen LogP) is 3.79. The molecule has 0 radical (unpaired) electrons. The summed E-state index contributed by atoms with van der Waals surface area (Å²) in [6.45, 7) is 0. The van der Waals surface area contributed by atoms with Crippen LogP contribution in [0.3, 0.4) is 0 Å². The molecule has 8 nitrogen and oxygen atoms in total. The number of aromatic amines is 1. The van der Waals surface area contributed by atoms with E-state index in [1.807, 2.05) is 0 Å². The van der Waals surface area contributed by atoms with Gasteiger partial charge in [0.15, 0.2) is 5.75 Å². The Balaban J connectivity index is 2.15. The van der Waals surface area contributed by atoms with E-state index in [1.54, 1.807) is 24.3 Å². The average Bonchev–Trinajstić information content (AvgIpc) is 3.09. The zero-order chi connectivity index (χ0) is 19.6. The van der Waals surface area contributed by atoms with Crippen LogP contribution in [0.4, 0.5) is 0 Å². The van der Waals surface area contributed by atoms with Crippen LogP contribution in [-0.2, 0) is 10.1 Å². The number of methoxy groups -OCH3 is 2. The van der Waals surface area contributed by atoms with Crippen molar-refractivity contribution in [2.75, 3.05) is 14.2 Å². The lowest BCUT2D eigenvalue weighted by Gasteiger charge is -2.13. The first-order chi connectivity index (χ1) is 12.8. The van der Waals surface area contributed by atoms with Gasteiger partial charge in [-0.2, -0.15) is 13.5 Å². The third-order valence-electron chi connectivity index (χ3n) is 3.68. The molecule has 0 fully saturated rings. The van der Waals surface area contributed by atoms with Crippen LogP contribution in [0.15, 0.2) is 47.5 Å². The number of nitrogens with zero attached hydrogens (tertiary/aromatic N) is 1. The Bertz CT molecular complexity index is 1080. The summed E-state index contributed by atoms with van der Waals surface area (Å²) >= 11 is 6.11. The number of hydrogen-bond donors (Lipinski definition) is 2. The summed E-state index contributed by atoms with van der Waals surface area (Å²) in [5.41, 5.74) is 0.536. The van der Waals surface area contributed by atoms with Crippen LogP contribution >= 0.6 is 11.6 Å². The first-order valence-corrected chi connectivity index (χ1v) is 9.37. The zero-order valence-electron chi connectivity index (χ0n) is 14.3. The molecule has 1 heterocycles. The fourth-order valence-corrected chi connectivity index (χ4v) is 3.29. The zero-order valence-corrected chi connectivity index (χ0v) is 15.8. The molecule has 27 heavy (non-hydrogen) atoms. The number of benzene rings is 2. The molecular formula is C17H15ClN2O6S. The van der Waals surface area contributed by atoms with Gasteiger partial charge in [0.25, 0.3) is 10.1 Å². The monoisotopic (exact) mass is 410 g/mol. The third-order valence-corrected chi connectivity index (χ3v) is 4.87. The van der Waals surface area contributed by atoms with Crippen LogP contribution < -0.4 is 14.2 Å². The molecule has 2 aromatic carbocycles. The lowest BCUT2D eigenvalue weighted by Crippen LogP contribution is -2.03. The lowest BCUT2D eigenvalue weighted by atomic mass is 10.1. The summed E-state index contributed by atoms with van der Waals surface area (Å²) in [7, 11) is -1.85. The quantitative estimate of drug-likeness (QED) is 0.594. The minimum Gasteiger partial charge on any atom is -0.496 e. The van der Waals surface area contributed by atoms with Crippen molar-refractivity contribution in [2.45, 2.75) is 4.90 Å². The van der Waals surface area contributed by atoms with Gasteiger partial charge in [0, 0.05) is 11.6 Å². The second kappa shape index (κ2) is 7.47. The molecular weight excluding hydrogens is 396 g/mol. The molecule has 0 saturated heterocycles. The fraction of sp³-hybridized carbons (Fsp3) is 0.118. The highest BCUT2D eigenvalue weighted by molar-refractivity contribution is 7.86. The summed E-state index contributed by atoms with van der Waals surface area (Å²) in [5.74, 6) is 0.884. The molecule has 0 unspecified atom stereocenters. The Morgan fingerprint density at radius 2 is 1.74 bits per heavy atom. The van der Waals surface area contributed by atoms with E-state index in [2.05, 4.69) is 10.2 Å². The van der Waals surface area contributed by atoms with E-state index in [0.29, 0.717) is 10.8 Å². The molecule has 1 aromatic heterocycles. The second-order valence-electron chi connectivity index (χ2n) is 5.31. The number of halogens is 1. The molecule has 0 aliphatic rings. The van der Waals surface area contributed by atoms with Gasteiger partial charge in [-0.1, -0.05) is 23.7 Å². The topological polar surface area (TPSA) is 111 Å². The van der Waals surface area contributed by atoms with Crippen molar-refractivity contribution < 1.29 is 27.2 Å². The first-order valence-electron chi connectivity index (χ1n) is 7.55. The largest absolute Gasteiger partial charge is 0.496 e. The molecule has 0 spiro atoms. The van der Waals surface area contributed by atoms with E-state index < -0.39 is 15.0 Å². The molecule has 3 aromatic rings. The number of H-pyrrole nitrogens is 1. The maximum Gasteiger partial charge on any atom is 0.298 e. The molecule has 0 aliphatic carbocycles. The normalized spacial score (nSPS) is 11.3. The van der Waals surface area contributed by atoms with Gasteiger partial charge < -0.3 is 14.2 Å². The first kappa shape index (κ1) is 19.0. The van der Waals surface area contributed by atoms with Gasteiger partial charge in [-0.3, -0.25) is 9.65 Å². The molecule has 0 bridgehead atoms. The molecule has 0 amide bonds. The standard InChI is InChI=1S/C17H15ClN2O6S/c1-24-13-8-14(25-2)16(27(21,22)23)7-10(13)17-15(9-19-20-17)26-12-6-4-3-5-11(12)18/h3-9H,1-2H3,(H,19,20)(H,21,22,23). The van der Waals surface area contributed by atoms with Crippen LogP contribution in [-0.4, -0.2) is 37.4 Å². The number of aromatic nitrogens is 2. The Hall–Kier alpha value is -2.75. The number of nitrogens with one attached hydrogen (secondary N) is 1. The highest BCUT2D eigenvalue weighted by atomic mass is 35.5. The van der Waals surface area contributed by atoms with Crippen molar-refractivity contribution in [3.63, 3.8) is 0 Å². The van der Waals surface area contributed by atoms with Crippen molar-refractivity contribution >= 4 is 21.7 Å². The van der Waals surface area contributed by atoms with Crippen molar-refractivity contribution in [2.24, 2.45) is 0 Å². The number of ether oxygens (including phenoxy) is 3. The number of hydrogen-bond acceptors (Lipinski definition) is 6. The van der Waals surface area contributed by atoms with E-state index in [0.717, 1.165) is 0 Å². The van der Waals surface area contributed by atoms with Crippen molar-refractivity contribution in [1.82, 2.24) is 10.2 Å². The molecule has 0 atom stereocenters. The molecule has 3 rings (SSSR count). The Morgan fingerprint density at radius 3 is 2.37 bits per heavy atom. The fourth-order valence-electron chi connectivity index (χ4n) is 2.45. The second-order valence-corrected chi connectivity index (χ2v) is 7.11. The van der Waals surface area contributed by atoms with Crippen LogP contribution in [0.25, 0.3) is 11.3 Å². The molecule has 0 aliphatic heterocycles. The summed E-state index contributed by atoms with van der Waals surface area (Å²) in [6.07, 6.45) is 1.48. The molecule has 0 saturated carbocycles. The van der Waals surface area contributed by atoms with Gasteiger partial charge in [-0.15, -0.1) is 0 Å². The van der Waals surface area contributed by atoms with Gasteiger partial charge >= 0.3 is 0 Å². The summed E-state index contributed by atoms with van der Waals surface area (Å²) < 4.78 is 49.1.